The highest BCUT2D eigenvalue weighted by Gasteiger charge is 2.27. The first kappa shape index (κ1) is 18.8. The maximum atomic E-state index is 12.8. The molecule has 0 bridgehead atoms. The Morgan fingerprint density at radius 2 is 1.52 bits per heavy atom. The molecule has 1 amide bonds. The molecular weight excluding hydrogens is 342 g/mol. The molecule has 1 saturated heterocycles. The van der Waals surface area contributed by atoms with Gasteiger partial charge in [0.15, 0.2) is 11.9 Å². The lowest BCUT2D eigenvalue weighted by Crippen LogP contribution is -2.38. The standard InChI is InChI=1S/C22H23NO4/c1-15-9-11-17(12-10-15)20(24)18-7-3-4-8-19(18)22(26)27-16(2)21(25)23-13-5-6-14-23/h3-4,7-12,16H,5-6,13-14H2,1-2H3/t16-/m1/s1. The van der Waals surface area contributed by atoms with E-state index >= 15 is 0 Å². The number of ether oxygens (including phenoxy) is 1. The number of rotatable bonds is 5. The Hall–Kier alpha value is -2.95. The van der Waals surface area contributed by atoms with Gasteiger partial charge < -0.3 is 9.64 Å². The Balaban J connectivity index is 1.78. The number of nitrogens with zero attached hydrogens (tertiary/aromatic N) is 1. The zero-order chi connectivity index (χ0) is 19.4. The zero-order valence-electron chi connectivity index (χ0n) is 15.6. The molecule has 2 aromatic rings. The first-order valence-corrected chi connectivity index (χ1v) is 9.17. The Bertz CT molecular complexity index is 851. The zero-order valence-corrected chi connectivity index (χ0v) is 15.6. The summed E-state index contributed by atoms with van der Waals surface area (Å²) in [6.45, 7) is 4.91. The van der Waals surface area contributed by atoms with E-state index in [0.29, 0.717) is 18.7 Å². The van der Waals surface area contributed by atoms with Gasteiger partial charge in [-0.25, -0.2) is 4.79 Å². The first-order valence-electron chi connectivity index (χ1n) is 9.17. The van der Waals surface area contributed by atoms with E-state index in [1.54, 1.807) is 48.2 Å². The summed E-state index contributed by atoms with van der Waals surface area (Å²) < 4.78 is 5.37. The van der Waals surface area contributed by atoms with Crippen molar-refractivity contribution in [2.75, 3.05) is 13.1 Å². The number of amides is 1. The van der Waals surface area contributed by atoms with Gasteiger partial charge in [-0.1, -0.05) is 48.0 Å². The molecule has 140 valence electrons. The smallest absolute Gasteiger partial charge is 0.339 e. The molecule has 3 rings (SSSR count). The lowest BCUT2D eigenvalue weighted by atomic mass is 9.98. The molecule has 0 aliphatic carbocycles. The maximum absolute atomic E-state index is 12.8. The van der Waals surface area contributed by atoms with E-state index in [1.165, 1.54) is 0 Å². The number of carbonyl (C=O) groups is 3. The molecule has 0 aromatic heterocycles. The molecule has 2 aromatic carbocycles. The Labute approximate surface area is 158 Å². The number of carbonyl (C=O) groups excluding carboxylic acids is 3. The van der Waals surface area contributed by atoms with Gasteiger partial charge in [-0.3, -0.25) is 9.59 Å². The van der Waals surface area contributed by atoms with E-state index < -0.39 is 12.1 Å². The van der Waals surface area contributed by atoms with Crippen LogP contribution < -0.4 is 0 Å². The van der Waals surface area contributed by atoms with Crippen LogP contribution in [0.25, 0.3) is 0 Å². The van der Waals surface area contributed by atoms with Crippen molar-refractivity contribution in [3.8, 4) is 0 Å². The van der Waals surface area contributed by atoms with Crippen LogP contribution >= 0.6 is 0 Å². The van der Waals surface area contributed by atoms with Crippen molar-refractivity contribution >= 4 is 17.7 Å². The van der Waals surface area contributed by atoms with Crippen molar-refractivity contribution in [1.29, 1.82) is 0 Å². The van der Waals surface area contributed by atoms with Crippen molar-refractivity contribution in [2.45, 2.75) is 32.8 Å². The molecular formula is C22H23NO4. The minimum Gasteiger partial charge on any atom is -0.449 e. The molecule has 0 unspecified atom stereocenters. The average Bonchev–Trinajstić information content (AvgIpc) is 3.22. The average molecular weight is 365 g/mol. The summed E-state index contributed by atoms with van der Waals surface area (Å²) in [4.78, 5) is 39.5. The van der Waals surface area contributed by atoms with E-state index in [1.807, 2.05) is 19.1 Å². The van der Waals surface area contributed by atoms with Crippen LogP contribution in [0.5, 0.6) is 0 Å². The number of benzene rings is 2. The highest BCUT2D eigenvalue weighted by atomic mass is 16.5. The fraction of sp³-hybridized carbons (Fsp3) is 0.318. The van der Waals surface area contributed by atoms with E-state index in [4.69, 9.17) is 4.74 Å². The lowest BCUT2D eigenvalue weighted by Gasteiger charge is -2.20. The summed E-state index contributed by atoms with van der Waals surface area (Å²) in [6, 6.07) is 13.7. The normalized spacial score (nSPS) is 14.7. The van der Waals surface area contributed by atoms with Gasteiger partial charge in [0, 0.05) is 24.2 Å². The van der Waals surface area contributed by atoms with Crippen LogP contribution in [-0.4, -0.2) is 41.8 Å². The SMILES string of the molecule is Cc1ccc(C(=O)c2ccccc2C(=O)O[C@H](C)C(=O)N2CCCC2)cc1. The first-order chi connectivity index (χ1) is 13.0. The highest BCUT2D eigenvalue weighted by molar-refractivity contribution is 6.14. The van der Waals surface area contributed by atoms with E-state index in [0.717, 1.165) is 18.4 Å². The second-order valence-electron chi connectivity index (χ2n) is 6.82. The molecule has 1 aliphatic heterocycles. The third kappa shape index (κ3) is 4.25. The number of hydrogen-bond donors (Lipinski definition) is 0. The molecule has 1 aliphatic rings. The van der Waals surface area contributed by atoms with Gasteiger partial charge in [-0.15, -0.1) is 0 Å². The molecule has 0 radical (unpaired) electrons. The topological polar surface area (TPSA) is 63.7 Å². The minimum absolute atomic E-state index is 0.171. The van der Waals surface area contributed by atoms with Gasteiger partial charge in [0.2, 0.25) is 0 Å². The number of ketones is 1. The number of likely N-dealkylation sites (tertiary alicyclic amines) is 1. The van der Waals surface area contributed by atoms with Crippen LogP contribution in [-0.2, 0) is 9.53 Å². The van der Waals surface area contributed by atoms with Crippen molar-refractivity contribution < 1.29 is 19.1 Å². The second-order valence-corrected chi connectivity index (χ2v) is 6.82. The van der Waals surface area contributed by atoms with Gasteiger partial charge >= 0.3 is 5.97 Å². The number of hydrogen-bond acceptors (Lipinski definition) is 4. The van der Waals surface area contributed by atoms with Crippen molar-refractivity contribution in [1.82, 2.24) is 4.90 Å². The molecule has 0 N–H and O–H groups in total. The third-order valence-electron chi connectivity index (χ3n) is 4.75. The van der Waals surface area contributed by atoms with E-state index in [9.17, 15) is 14.4 Å². The minimum atomic E-state index is -0.877. The van der Waals surface area contributed by atoms with Gasteiger partial charge in [-0.05, 0) is 32.8 Å². The number of aryl methyl sites for hydroxylation is 1. The van der Waals surface area contributed by atoms with Crippen LogP contribution in [0, 0.1) is 6.92 Å². The fourth-order valence-corrected chi connectivity index (χ4v) is 3.19. The molecule has 0 spiro atoms. The molecule has 1 heterocycles. The third-order valence-corrected chi connectivity index (χ3v) is 4.75. The largest absolute Gasteiger partial charge is 0.449 e. The molecule has 27 heavy (non-hydrogen) atoms. The number of esters is 1. The van der Waals surface area contributed by atoms with E-state index in [-0.39, 0.29) is 22.8 Å². The molecule has 1 fully saturated rings. The van der Waals surface area contributed by atoms with Gasteiger partial charge in [0.25, 0.3) is 5.91 Å². The predicted octanol–water partition coefficient (Wildman–Crippen LogP) is 3.39. The monoisotopic (exact) mass is 365 g/mol. The molecule has 5 nitrogen and oxygen atoms in total. The van der Waals surface area contributed by atoms with Gasteiger partial charge in [0.1, 0.15) is 0 Å². The van der Waals surface area contributed by atoms with Crippen LogP contribution in [0.4, 0.5) is 0 Å². The fourth-order valence-electron chi connectivity index (χ4n) is 3.19. The van der Waals surface area contributed by atoms with Crippen LogP contribution in [0.2, 0.25) is 0 Å². The Kier molecular flexibility index (Phi) is 5.69. The van der Waals surface area contributed by atoms with Crippen LogP contribution in [0.3, 0.4) is 0 Å². The highest BCUT2D eigenvalue weighted by Crippen LogP contribution is 2.18. The molecule has 0 saturated carbocycles. The van der Waals surface area contributed by atoms with Crippen molar-refractivity contribution in [3.63, 3.8) is 0 Å². The summed E-state index contributed by atoms with van der Waals surface area (Å²) in [6.07, 6.45) is 1.07. The van der Waals surface area contributed by atoms with Crippen molar-refractivity contribution in [2.24, 2.45) is 0 Å². The maximum Gasteiger partial charge on any atom is 0.339 e. The predicted molar refractivity (Wildman–Crippen MR) is 102 cm³/mol. The molecule has 1 atom stereocenters. The van der Waals surface area contributed by atoms with Crippen LogP contribution in [0.1, 0.15) is 51.6 Å². The summed E-state index contributed by atoms with van der Waals surface area (Å²) >= 11 is 0. The Morgan fingerprint density at radius 1 is 0.926 bits per heavy atom. The summed E-state index contributed by atoms with van der Waals surface area (Å²) in [7, 11) is 0. The summed E-state index contributed by atoms with van der Waals surface area (Å²) in [5.41, 5.74) is 1.99. The van der Waals surface area contributed by atoms with E-state index in [2.05, 4.69) is 0 Å². The van der Waals surface area contributed by atoms with Crippen molar-refractivity contribution in [3.05, 3.63) is 70.8 Å². The van der Waals surface area contributed by atoms with Gasteiger partial charge in [-0.2, -0.15) is 0 Å². The van der Waals surface area contributed by atoms with Crippen LogP contribution in [0.15, 0.2) is 48.5 Å². The second kappa shape index (κ2) is 8.16. The summed E-state index contributed by atoms with van der Waals surface area (Å²) in [5, 5.41) is 0. The quantitative estimate of drug-likeness (QED) is 0.602. The summed E-state index contributed by atoms with van der Waals surface area (Å²) in [5.74, 6) is -1.10. The Morgan fingerprint density at radius 3 is 2.15 bits per heavy atom. The lowest BCUT2D eigenvalue weighted by molar-refractivity contribution is -0.138. The van der Waals surface area contributed by atoms with Gasteiger partial charge in [0.05, 0.1) is 5.56 Å². The molecule has 5 heteroatoms.